The third-order valence-corrected chi connectivity index (χ3v) is 4.14. The van der Waals surface area contributed by atoms with Crippen molar-refractivity contribution < 1.29 is 19.0 Å². The van der Waals surface area contributed by atoms with Crippen LogP contribution in [0.4, 0.5) is 5.69 Å². The molecule has 0 aliphatic carbocycles. The number of nitrogens with zero attached hydrogens (tertiary/aromatic N) is 2. The van der Waals surface area contributed by atoms with Gasteiger partial charge in [-0.2, -0.15) is 5.26 Å². The maximum absolute atomic E-state index is 12.8. The summed E-state index contributed by atoms with van der Waals surface area (Å²) < 4.78 is 16.6. The average Bonchev–Trinajstić information content (AvgIpc) is 2.74. The molecule has 2 aromatic carbocycles. The molecule has 2 rings (SSSR count). The number of anilines is 1. The minimum atomic E-state index is -0.212. The van der Waals surface area contributed by atoms with Gasteiger partial charge >= 0.3 is 0 Å². The second kappa shape index (κ2) is 11.5. The predicted molar refractivity (Wildman–Crippen MR) is 118 cm³/mol. The fourth-order valence-electron chi connectivity index (χ4n) is 2.81. The van der Waals surface area contributed by atoms with Crippen LogP contribution in [0, 0.1) is 11.3 Å². The number of hydrogen-bond acceptors (Lipinski definition) is 5. The zero-order chi connectivity index (χ0) is 21.9. The molecule has 0 aliphatic heterocycles. The van der Waals surface area contributed by atoms with Crippen molar-refractivity contribution in [1.82, 2.24) is 0 Å². The molecule has 0 unspecified atom stereocenters. The fraction of sp³-hybridized carbons (Fsp3) is 0.333. The summed E-state index contributed by atoms with van der Waals surface area (Å²) >= 11 is 0. The molecule has 6 nitrogen and oxygen atoms in total. The van der Waals surface area contributed by atoms with Gasteiger partial charge in [0.1, 0.15) is 5.75 Å². The van der Waals surface area contributed by atoms with Crippen LogP contribution in [0.2, 0.25) is 0 Å². The van der Waals surface area contributed by atoms with E-state index in [-0.39, 0.29) is 18.4 Å². The molecule has 30 heavy (non-hydrogen) atoms. The summed E-state index contributed by atoms with van der Waals surface area (Å²) in [6.45, 7) is 6.69. The van der Waals surface area contributed by atoms with Crippen molar-refractivity contribution in [1.29, 1.82) is 5.26 Å². The van der Waals surface area contributed by atoms with E-state index in [1.54, 1.807) is 18.1 Å². The molecule has 1 amide bonds. The molecular formula is C24H28N2O4. The SMILES string of the molecule is CCOc1ccc(N(CCC#N)C(=O)/C=C/c2ccc(OC(C)C)c(OC)c2)cc1. The molecular weight excluding hydrogens is 380 g/mol. The van der Waals surface area contributed by atoms with Gasteiger partial charge in [-0.3, -0.25) is 4.79 Å². The molecule has 0 spiro atoms. The van der Waals surface area contributed by atoms with Gasteiger partial charge in [-0.25, -0.2) is 0 Å². The van der Waals surface area contributed by atoms with Gasteiger partial charge in [-0.15, -0.1) is 0 Å². The first-order valence-electron chi connectivity index (χ1n) is 9.92. The Morgan fingerprint density at radius 2 is 1.90 bits per heavy atom. The van der Waals surface area contributed by atoms with Crippen LogP contribution in [0.1, 0.15) is 32.8 Å². The summed E-state index contributed by atoms with van der Waals surface area (Å²) in [4.78, 5) is 14.4. The van der Waals surface area contributed by atoms with Crippen molar-refractivity contribution in [2.24, 2.45) is 0 Å². The van der Waals surface area contributed by atoms with Crippen LogP contribution in [0.15, 0.2) is 48.5 Å². The molecule has 0 fully saturated rings. The first kappa shape index (κ1) is 22.8. The Morgan fingerprint density at radius 1 is 1.17 bits per heavy atom. The summed E-state index contributed by atoms with van der Waals surface area (Å²) in [5, 5.41) is 8.96. The van der Waals surface area contributed by atoms with E-state index in [0.717, 1.165) is 11.3 Å². The van der Waals surface area contributed by atoms with Gasteiger partial charge in [0.25, 0.3) is 5.91 Å². The number of nitriles is 1. The molecule has 0 aliphatic rings. The lowest BCUT2D eigenvalue weighted by molar-refractivity contribution is -0.114. The Balaban J connectivity index is 2.20. The van der Waals surface area contributed by atoms with E-state index >= 15 is 0 Å². The van der Waals surface area contributed by atoms with Crippen LogP contribution in [0.3, 0.4) is 0 Å². The number of amides is 1. The van der Waals surface area contributed by atoms with Crippen molar-refractivity contribution >= 4 is 17.7 Å². The third kappa shape index (κ3) is 6.56. The monoisotopic (exact) mass is 408 g/mol. The van der Waals surface area contributed by atoms with Gasteiger partial charge in [0.15, 0.2) is 11.5 Å². The van der Waals surface area contributed by atoms with E-state index < -0.39 is 0 Å². The first-order chi connectivity index (χ1) is 14.5. The van der Waals surface area contributed by atoms with Crippen molar-refractivity contribution in [2.75, 3.05) is 25.2 Å². The molecule has 158 valence electrons. The zero-order valence-electron chi connectivity index (χ0n) is 17.9. The molecule has 0 atom stereocenters. The molecule has 0 bridgehead atoms. The largest absolute Gasteiger partial charge is 0.494 e. The number of hydrogen-bond donors (Lipinski definition) is 0. The Morgan fingerprint density at radius 3 is 2.50 bits per heavy atom. The van der Waals surface area contributed by atoms with Crippen molar-refractivity contribution in [3.8, 4) is 23.3 Å². The number of carbonyl (C=O) groups excluding carboxylic acids is 1. The smallest absolute Gasteiger partial charge is 0.251 e. The normalized spacial score (nSPS) is 10.7. The second-order valence-electron chi connectivity index (χ2n) is 6.74. The van der Waals surface area contributed by atoms with Gasteiger partial charge in [0.05, 0.1) is 32.3 Å². The summed E-state index contributed by atoms with van der Waals surface area (Å²) in [5.41, 5.74) is 1.52. The van der Waals surface area contributed by atoms with E-state index in [2.05, 4.69) is 6.07 Å². The van der Waals surface area contributed by atoms with Gasteiger partial charge in [-0.1, -0.05) is 6.07 Å². The lowest BCUT2D eigenvalue weighted by Gasteiger charge is -2.20. The first-order valence-corrected chi connectivity index (χ1v) is 9.92. The van der Waals surface area contributed by atoms with Crippen LogP contribution in [-0.4, -0.2) is 32.3 Å². The van der Waals surface area contributed by atoms with Crippen molar-refractivity contribution in [2.45, 2.75) is 33.3 Å². The highest BCUT2D eigenvalue weighted by molar-refractivity contribution is 6.03. The van der Waals surface area contributed by atoms with E-state index in [0.29, 0.717) is 30.3 Å². The maximum Gasteiger partial charge on any atom is 0.251 e. The second-order valence-corrected chi connectivity index (χ2v) is 6.74. The van der Waals surface area contributed by atoms with Crippen molar-refractivity contribution in [3.63, 3.8) is 0 Å². The highest BCUT2D eigenvalue weighted by Crippen LogP contribution is 2.29. The van der Waals surface area contributed by atoms with E-state index in [4.69, 9.17) is 19.5 Å². The number of rotatable bonds is 10. The molecule has 0 heterocycles. The fourth-order valence-corrected chi connectivity index (χ4v) is 2.81. The van der Waals surface area contributed by atoms with Crippen LogP contribution < -0.4 is 19.1 Å². The van der Waals surface area contributed by atoms with Crippen molar-refractivity contribution in [3.05, 3.63) is 54.1 Å². The molecule has 0 N–H and O–H groups in total. The molecule has 6 heteroatoms. The molecule has 0 saturated heterocycles. The topological polar surface area (TPSA) is 71.8 Å². The zero-order valence-corrected chi connectivity index (χ0v) is 17.9. The van der Waals surface area contributed by atoms with Crippen LogP contribution in [-0.2, 0) is 4.79 Å². The predicted octanol–water partition coefficient (Wildman–Crippen LogP) is 4.84. The number of carbonyl (C=O) groups is 1. The Hall–Kier alpha value is -3.46. The maximum atomic E-state index is 12.8. The molecule has 0 saturated carbocycles. The van der Waals surface area contributed by atoms with Gasteiger partial charge in [-0.05, 0) is 68.8 Å². The molecule has 0 radical (unpaired) electrons. The van der Waals surface area contributed by atoms with E-state index in [1.165, 1.54) is 6.08 Å². The van der Waals surface area contributed by atoms with Gasteiger partial charge < -0.3 is 19.1 Å². The third-order valence-electron chi connectivity index (χ3n) is 4.14. The lowest BCUT2D eigenvalue weighted by Crippen LogP contribution is -2.30. The van der Waals surface area contributed by atoms with Crippen LogP contribution >= 0.6 is 0 Å². The molecule has 0 aromatic heterocycles. The Labute approximate surface area is 178 Å². The minimum absolute atomic E-state index is 0.0321. The summed E-state index contributed by atoms with van der Waals surface area (Å²) in [6, 6.07) is 14.8. The van der Waals surface area contributed by atoms with Crippen LogP contribution in [0.5, 0.6) is 17.2 Å². The van der Waals surface area contributed by atoms with Gasteiger partial charge in [0, 0.05) is 18.3 Å². The number of ether oxygens (including phenoxy) is 3. The lowest BCUT2D eigenvalue weighted by atomic mass is 10.1. The number of benzene rings is 2. The summed E-state index contributed by atoms with van der Waals surface area (Å²) in [5.74, 6) is 1.78. The summed E-state index contributed by atoms with van der Waals surface area (Å²) in [6.07, 6.45) is 3.48. The summed E-state index contributed by atoms with van der Waals surface area (Å²) in [7, 11) is 1.58. The highest BCUT2D eigenvalue weighted by Gasteiger charge is 2.13. The quantitative estimate of drug-likeness (QED) is 0.526. The van der Waals surface area contributed by atoms with E-state index in [9.17, 15) is 4.79 Å². The number of methoxy groups -OCH3 is 1. The van der Waals surface area contributed by atoms with Crippen LogP contribution in [0.25, 0.3) is 6.08 Å². The van der Waals surface area contributed by atoms with E-state index in [1.807, 2.05) is 63.2 Å². The highest BCUT2D eigenvalue weighted by atomic mass is 16.5. The molecule has 2 aromatic rings. The standard InChI is InChI=1S/C24H28N2O4/c1-5-29-21-11-9-20(10-12-21)26(16-6-15-25)24(27)14-8-19-7-13-22(30-18(2)3)23(17-19)28-4/h7-14,17-18H,5-6,16H2,1-4H3/b14-8+. The Kier molecular flexibility index (Phi) is 8.76. The minimum Gasteiger partial charge on any atom is -0.494 e. The average molecular weight is 408 g/mol. The Bertz CT molecular complexity index is 898. The van der Waals surface area contributed by atoms with Gasteiger partial charge in [0.2, 0.25) is 0 Å².